The summed E-state index contributed by atoms with van der Waals surface area (Å²) < 4.78 is 12.4. The van der Waals surface area contributed by atoms with Gasteiger partial charge in [0.05, 0.1) is 25.1 Å². The fourth-order valence-corrected chi connectivity index (χ4v) is 2.90. The molecule has 1 aromatic carbocycles. The zero-order valence-electron chi connectivity index (χ0n) is 13.1. The molecule has 0 atom stereocenters. The Hall–Kier alpha value is -2.50. The van der Waals surface area contributed by atoms with Gasteiger partial charge in [0.15, 0.2) is 11.4 Å². The van der Waals surface area contributed by atoms with Crippen LogP contribution in [0.2, 0.25) is 0 Å². The number of carbonyl (C=O) groups is 1. The Kier molecular flexibility index (Phi) is 4.50. The molecule has 0 saturated heterocycles. The second-order valence-corrected chi connectivity index (χ2v) is 5.65. The van der Waals surface area contributed by atoms with Crippen molar-refractivity contribution in [3.8, 4) is 17.2 Å². The fourth-order valence-electron chi connectivity index (χ4n) is 2.90. The Balaban J connectivity index is 1.89. The first-order chi connectivity index (χ1) is 11.2. The maximum atomic E-state index is 11.7. The molecule has 0 unspecified atom stereocenters. The number of carboxylic acid groups (broad SMARTS) is 1. The number of rotatable bonds is 5. The molecule has 122 valence electrons. The lowest BCUT2D eigenvalue weighted by Gasteiger charge is -2.22. The summed E-state index contributed by atoms with van der Waals surface area (Å²) >= 11 is 0. The maximum Gasteiger partial charge on any atom is 0.358 e. The molecule has 0 aliphatic heterocycles. The fraction of sp³-hybridized carbons (Fsp3) is 0.412. The standard InChI is InChI=1S/C17H20N2O4/c1-22-13-9-7-12(8-10-13)19-16(17(20)21)15(11-18-19)23-14-5-3-2-4-6-14/h7-11,14H,2-6H2,1H3,(H,20,21). The molecule has 1 heterocycles. The Morgan fingerprint density at radius 3 is 2.52 bits per heavy atom. The lowest BCUT2D eigenvalue weighted by atomic mass is 9.98. The molecular formula is C17H20N2O4. The van der Waals surface area contributed by atoms with E-state index in [1.807, 2.05) is 0 Å². The highest BCUT2D eigenvalue weighted by atomic mass is 16.5. The van der Waals surface area contributed by atoms with Crippen LogP contribution in [0, 0.1) is 0 Å². The van der Waals surface area contributed by atoms with Crippen molar-refractivity contribution in [3.05, 3.63) is 36.2 Å². The summed E-state index contributed by atoms with van der Waals surface area (Å²) in [5.74, 6) is -0.0131. The summed E-state index contributed by atoms with van der Waals surface area (Å²) in [6, 6.07) is 7.07. The van der Waals surface area contributed by atoms with Gasteiger partial charge < -0.3 is 14.6 Å². The first kappa shape index (κ1) is 15.4. The van der Waals surface area contributed by atoms with Crippen LogP contribution in [0.4, 0.5) is 0 Å². The van der Waals surface area contributed by atoms with Crippen LogP contribution in [0.3, 0.4) is 0 Å². The SMILES string of the molecule is COc1ccc(-n2ncc(OC3CCCCC3)c2C(=O)O)cc1. The molecule has 1 aromatic heterocycles. The van der Waals surface area contributed by atoms with Gasteiger partial charge in [-0.3, -0.25) is 0 Å². The minimum absolute atomic E-state index is 0.0562. The summed E-state index contributed by atoms with van der Waals surface area (Å²) in [5.41, 5.74) is 0.711. The highest BCUT2D eigenvalue weighted by molar-refractivity contribution is 5.89. The third kappa shape index (κ3) is 3.31. The van der Waals surface area contributed by atoms with Crippen LogP contribution in [0.15, 0.2) is 30.5 Å². The predicted molar refractivity (Wildman–Crippen MR) is 84.6 cm³/mol. The van der Waals surface area contributed by atoms with E-state index < -0.39 is 5.97 Å². The van der Waals surface area contributed by atoms with Crippen molar-refractivity contribution in [1.82, 2.24) is 9.78 Å². The van der Waals surface area contributed by atoms with Crippen LogP contribution in [0.1, 0.15) is 42.6 Å². The lowest BCUT2D eigenvalue weighted by Crippen LogP contribution is -2.21. The molecule has 0 spiro atoms. The summed E-state index contributed by atoms with van der Waals surface area (Å²) in [4.78, 5) is 11.7. The van der Waals surface area contributed by atoms with E-state index in [0.29, 0.717) is 17.2 Å². The highest BCUT2D eigenvalue weighted by Gasteiger charge is 2.24. The quantitative estimate of drug-likeness (QED) is 0.916. The normalized spacial score (nSPS) is 15.3. The van der Waals surface area contributed by atoms with Gasteiger partial charge in [-0.2, -0.15) is 5.10 Å². The smallest absolute Gasteiger partial charge is 0.358 e. The van der Waals surface area contributed by atoms with Crippen molar-refractivity contribution >= 4 is 5.97 Å². The number of carboxylic acids is 1. The minimum atomic E-state index is -1.05. The number of nitrogens with zero attached hydrogens (tertiary/aromatic N) is 2. The van der Waals surface area contributed by atoms with E-state index in [9.17, 15) is 9.90 Å². The average Bonchev–Trinajstić information content (AvgIpc) is 2.99. The average molecular weight is 316 g/mol. The van der Waals surface area contributed by atoms with Gasteiger partial charge in [0, 0.05) is 0 Å². The maximum absolute atomic E-state index is 11.7. The van der Waals surface area contributed by atoms with Crippen LogP contribution in [-0.2, 0) is 0 Å². The Bertz CT molecular complexity index is 672. The van der Waals surface area contributed by atoms with E-state index in [1.165, 1.54) is 17.3 Å². The highest BCUT2D eigenvalue weighted by Crippen LogP contribution is 2.28. The van der Waals surface area contributed by atoms with Gasteiger partial charge in [-0.15, -0.1) is 0 Å². The number of methoxy groups -OCH3 is 1. The second kappa shape index (κ2) is 6.73. The van der Waals surface area contributed by atoms with Crippen LogP contribution in [0.5, 0.6) is 11.5 Å². The van der Waals surface area contributed by atoms with Crippen molar-refractivity contribution < 1.29 is 19.4 Å². The van der Waals surface area contributed by atoms with Crippen LogP contribution >= 0.6 is 0 Å². The molecule has 0 amide bonds. The molecule has 1 saturated carbocycles. The van der Waals surface area contributed by atoms with Crippen molar-refractivity contribution in [2.24, 2.45) is 0 Å². The van der Waals surface area contributed by atoms with Crippen LogP contribution in [-0.4, -0.2) is 34.1 Å². The third-order valence-corrected chi connectivity index (χ3v) is 4.10. The van der Waals surface area contributed by atoms with E-state index in [1.54, 1.807) is 31.4 Å². The number of ether oxygens (including phenoxy) is 2. The van der Waals surface area contributed by atoms with Crippen molar-refractivity contribution in [2.45, 2.75) is 38.2 Å². The largest absolute Gasteiger partial charge is 0.497 e. The zero-order valence-corrected chi connectivity index (χ0v) is 13.1. The number of hydrogen-bond acceptors (Lipinski definition) is 4. The Morgan fingerprint density at radius 1 is 1.22 bits per heavy atom. The van der Waals surface area contributed by atoms with Gasteiger partial charge in [-0.25, -0.2) is 9.48 Å². The monoisotopic (exact) mass is 316 g/mol. The van der Waals surface area contributed by atoms with E-state index in [-0.39, 0.29) is 11.8 Å². The molecule has 23 heavy (non-hydrogen) atoms. The van der Waals surface area contributed by atoms with Crippen molar-refractivity contribution in [1.29, 1.82) is 0 Å². The van der Waals surface area contributed by atoms with E-state index in [2.05, 4.69) is 5.10 Å². The van der Waals surface area contributed by atoms with Crippen molar-refractivity contribution in [2.75, 3.05) is 7.11 Å². The van der Waals surface area contributed by atoms with Crippen LogP contribution < -0.4 is 9.47 Å². The van der Waals surface area contributed by atoms with E-state index >= 15 is 0 Å². The minimum Gasteiger partial charge on any atom is -0.497 e. The van der Waals surface area contributed by atoms with Gasteiger partial charge in [0.25, 0.3) is 0 Å². The Labute approximate surface area is 134 Å². The molecular weight excluding hydrogens is 296 g/mol. The number of aromatic nitrogens is 2. The number of hydrogen-bond donors (Lipinski definition) is 1. The molecule has 2 aromatic rings. The van der Waals surface area contributed by atoms with Gasteiger partial charge >= 0.3 is 5.97 Å². The first-order valence-corrected chi connectivity index (χ1v) is 7.81. The lowest BCUT2D eigenvalue weighted by molar-refractivity contribution is 0.0676. The number of benzene rings is 1. The third-order valence-electron chi connectivity index (χ3n) is 4.10. The molecule has 6 nitrogen and oxygen atoms in total. The number of aromatic carboxylic acids is 1. The summed E-state index contributed by atoms with van der Waals surface area (Å²) in [6.45, 7) is 0. The predicted octanol–water partition coefficient (Wildman–Crippen LogP) is 3.29. The molecule has 3 rings (SSSR count). The zero-order chi connectivity index (χ0) is 16.2. The van der Waals surface area contributed by atoms with Crippen LogP contribution in [0.25, 0.3) is 5.69 Å². The molecule has 1 fully saturated rings. The van der Waals surface area contributed by atoms with Crippen molar-refractivity contribution in [3.63, 3.8) is 0 Å². The molecule has 0 bridgehead atoms. The summed E-state index contributed by atoms with van der Waals surface area (Å²) in [7, 11) is 1.59. The van der Waals surface area contributed by atoms with Gasteiger partial charge in [0.1, 0.15) is 5.75 Å². The summed E-state index contributed by atoms with van der Waals surface area (Å²) in [6.07, 6.45) is 6.97. The Morgan fingerprint density at radius 2 is 1.91 bits per heavy atom. The molecule has 1 aliphatic carbocycles. The summed E-state index contributed by atoms with van der Waals surface area (Å²) in [5, 5.41) is 13.8. The molecule has 1 N–H and O–H groups in total. The van der Waals surface area contributed by atoms with Gasteiger partial charge in [-0.1, -0.05) is 6.42 Å². The molecule has 0 radical (unpaired) electrons. The molecule has 6 heteroatoms. The first-order valence-electron chi connectivity index (χ1n) is 7.81. The van der Waals surface area contributed by atoms with Gasteiger partial charge in [0.2, 0.25) is 0 Å². The van der Waals surface area contributed by atoms with Gasteiger partial charge in [-0.05, 0) is 49.9 Å². The topological polar surface area (TPSA) is 73.6 Å². The molecule has 1 aliphatic rings. The van der Waals surface area contributed by atoms with E-state index in [0.717, 1.165) is 25.7 Å². The second-order valence-electron chi connectivity index (χ2n) is 5.65. The van der Waals surface area contributed by atoms with E-state index in [4.69, 9.17) is 9.47 Å².